The van der Waals surface area contributed by atoms with Gasteiger partial charge in [0, 0.05) is 24.2 Å². The van der Waals surface area contributed by atoms with Gasteiger partial charge in [-0.3, -0.25) is 4.98 Å². The van der Waals surface area contributed by atoms with E-state index in [0.717, 1.165) is 6.42 Å². The van der Waals surface area contributed by atoms with Crippen LogP contribution in [0.2, 0.25) is 0 Å². The molecule has 0 aromatic carbocycles. The lowest BCUT2D eigenvalue weighted by Gasteiger charge is -2.37. The number of nitrogens with zero attached hydrogens (tertiary/aromatic N) is 1. The lowest BCUT2D eigenvalue weighted by Crippen LogP contribution is -2.33. The summed E-state index contributed by atoms with van der Waals surface area (Å²) in [5.74, 6) is 0. The lowest BCUT2D eigenvalue weighted by molar-refractivity contribution is 0.301. The summed E-state index contributed by atoms with van der Waals surface area (Å²) in [5, 5.41) is 0. The number of hydrogen-bond acceptors (Lipinski definition) is 2. The van der Waals surface area contributed by atoms with E-state index in [2.05, 4.69) is 11.1 Å². The standard InChI is InChI=1S/C13H18N2S/c14-12(16)9-13(6-2-1-3-7-13)11-5-4-8-15-10-11/h4-5,8,10H,1-3,6-7,9H2,(H2,14,16). The number of hydrogen-bond donors (Lipinski definition) is 1. The molecule has 1 aliphatic carbocycles. The molecule has 0 aliphatic heterocycles. The minimum atomic E-state index is 0.165. The van der Waals surface area contributed by atoms with E-state index in [9.17, 15) is 0 Å². The molecule has 86 valence electrons. The lowest BCUT2D eigenvalue weighted by atomic mass is 9.68. The van der Waals surface area contributed by atoms with Crippen LogP contribution in [-0.2, 0) is 5.41 Å². The van der Waals surface area contributed by atoms with Crippen LogP contribution in [-0.4, -0.2) is 9.97 Å². The first-order valence-corrected chi connectivity index (χ1v) is 6.33. The first kappa shape index (κ1) is 11.5. The van der Waals surface area contributed by atoms with E-state index in [4.69, 9.17) is 18.0 Å². The second-order valence-corrected chi connectivity index (χ2v) is 5.25. The highest BCUT2D eigenvalue weighted by Crippen LogP contribution is 2.41. The van der Waals surface area contributed by atoms with Crippen LogP contribution in [0.1, 0.15) is 44.1 Å². The monoisotopic (exact) mass is 234 g/mol. The van der Waals surface area contributed by atoms with Gasteiger partial charge in [0.05, 0.1) is 4.99 Å². The van der Waals surface area contributed by atoms with Crippen molar-refractivity contribution in [3.63, 3.8) is 0 Å². The third kappa shape index (κ3) is 2.40. The maximum absolute atomic E-state index is 5.76. The van der Waals surface area contributed by atoms with Crippen molar-refractivity contribution in [3.05, 3.63) is 30.1 Å². The van der Waals surface area contributed by atoms with E-state index in [0.29, 0.717) is 4.99 Å². The molecule has 2 nitrogen and oxygen atoms in total. The van der Waals surface area contributed by atoms with Gasteiger partial charge in [0.25, 0.3) is 0 Å². The summed E-state index contributed by atoms with van der Waals surface area (Å²) >= 11 is 5.11. The molecule has 0 saturated heterocycles. The Morgan fingerprint density at radius 2 is 2.12 bits per heavy atom. The molecule has 1 aromatic rings. The molecule has 1 saturated carbocycles. The largest absolute Gasteiger partial charge is 0.393 e. The zero-order chi connectivity index (χ0) is 11.4. The maximum atomic E-state index is 5.76. The summed E-state index contributed by atoms with van der Waals surface area (Å²) in [6, 6.07) is 4.17. The van der Waals surface area contributed by atoms with Crippen molar-refractivity contribution in [2.75, 3.05) is 0 Å². The molecule has 1 heterocycles. The number of pyridine rings is 1. The van der Waals surface area contributed by atoms with Crippen molar-refractivity contribution < 1.29 is 0 Å². The van der Waals surface area contributed by atoms with Crippen molar-refractivity contribution in [1.29, 1.82) is 0 Å². The van der Waals surface area contributed by atoms with Crippen molar-refractivity contribution in [1.82, 2.24) is 4.98 Å². The van der Waals surface area contributed by atoms with Gasteiger partial charge in [-0.15, -0.1) is 0 Å². The number of aromatic nitrogens is 1. The van der Waals surface area contributed by atoms with Gasteiger partial charge in [-0.2, -0.15) is 0 Å². The Morgan fingerprint density at radius 1 is 1.38 bits per heavy atom. The molecular formula is C13H18N2S. The van der Waals surface area contributed by atoms with E-state index in [-0.39, 0.29) is 5.41 Å². The zero-order valence-corrected chi connectivity index (χ0v) is 10.3. The van der Waals surface area contributed by atoms with Crippen LogP contribution >= 0.6 is 12.2 Å². The molecule has 16 heavy (non-hydrogen) atoms. The van der Waals surface area contributed by atoms with Crippen LogP contribution in [0.15, 0.2) is 24.5 Å². The van der Waals surface area contributed by atoms with Gasteiger partial charge in [0.2, 0.25) is 0 Å². The van der Waals surface area contributed by atoms with E-state index >= 15 is 0 Å². The fourth-order valence-corrected chi connectivity index (χ4v) is 3.08. The van der Waals surface area contributed by atoms with Gasteiger partial charge in [-0.05, 0) is 24.5 Å². The highest BCUT2D eigenvalue weighted by atomic mass is 32.1. The predicted octanol–water partition coefficient (Wildman–Crippen LogP) is 2.96. The average Bonchev–Trinajstić information content (AvgIpc) is 2.30. The summed E-state index contributed by atoms with van der Waals surface area (Å²) in [5.41, 5.74) is 7.23. The van der Waals surface area contributed by atoms with Gasteiger partial charge in [-0.1, -0.05) is 37.5 Å². The molecule has 1 fully saturated rings. The first-order chi connectivity index (χ1) is 7.73. The summed E-state index contributed by atoms with van der Waals surface area (Å²) in [6.45, 7) is 0. The summed E-state index contributed by atoms with van der Waals surface area (Å²) < 4.78 is 0. The molecule has 0 radical (unpaired) electrons. The summed E-state index contributed by atoms with van der Waals surface area (Å²) in [7, 11) is 0. The van der Waals surface area contributed by atoms with E-state index < -0.39 is 0 Å². The minimum absolute atomic E-state index is 0.165. The second kappa shape index (κ2) is 4.91. The maximum Gasteiger partial charge on any atom is 0.0736 e. The topological polar surface area (TPSA) is 38.9 Å². The van der Waals surface area contributed by atoms with Gasteiger partial charge < -0.3 is 5.73 Å². The third-order valence-corrected chi connectivity index (χ3v) is 3.74. The molecule has 1 aromatic heterocycles. The fourth-order valence-electron chi connectivity index (χ4n) is 2.81. The van der Waals surface area contributed by atoms with Crippen molar-refractivity contribution in [2.24, 2.45) is 5.73 Å². The SMILES string of the molecule is NC(=S)CC1(c2cccnc2)CCCCC1. The van der Waals surface area contributed by atoms with E-state index in [1.807, 2.05) is 18.5 Å². The molecule has 0 amide bonds. The number of thiocarbonyl (C=S) groups is 1. The van der Waals surface area contributed by atoms with Gasteiger partial charge in [0.1, 0.15) is 0 Å². The van der Waals surface area contributed by atoms with Gasteiger partial charge in [0.15, 0.2) is 0 Å². The molecule has 0 bridgehead atoms. The third-order valence-electron chi connectivity index (χ3n) is 3.60. The van der Waals surface area contributed by atoms with Crippen LogP contribution in [0.5, 0.6) is 0 Å². The molecule has 0 atom stereocenters. The Labute approximate surface area is 102 Å². The van der Waals surface area contributed by atoms with Crippen LogP contribution < -0.4 is 5.73 Å². The summed E-state index contributed by atoms with van der Waals surface area (Å²) in [4.78, 5) is 4.86. The Kier molecular flexibility index (Phi) is 3.54. The first-order valence-electron chi connectivity index (χ1n) is 5.92. The second-order valence-electron chi connectivity index (χ2n) is 4.73. The Balaban J connectivity index is 2.29. The van der Waals surface area contributed by atoms with E-state index in [1.54, 1.807) is 0 Å². The van der Waals surface area contributed by atoms with Crippen LogP contribution in [0, 0.1) is 0 Å². The summed E-state index contributed by atoms with van der Waals surface area (Å²) in [6.07, 6.45) is 10.9. The van der Waals surface area contributed by atoms with Crippen LogP contribution in [0.25, 0.3) is 0 Å². The highest BCUT2D eigenvalue weighted by molar-refractivity contribution is 7.80. The van der Waals surface area contributed by atoms with Crippen LogP contribution in [0.3, 0.4) is 0 Å². The number of rotatable bonds is 3. The van der Waals surface area contributed by atoms with Crippen molar-refractivity contribution >= 4 is 17.2 Å². The Hall–Kier alpha value is -0.960. The molecule has 1 aliphatic rings. The Bertz CT molecular complexity index is 355. The van der Waals surface area contributed by atoms with Crippen LogP contribution in [0.4, 0.5) is 0 Å². The normalized spacial score (nSPS) is 19.2. The Morgan fingerprint density at radius 3 is 2.69 bits per heavy atom. The molecule has 0 spiro atoms. The van der Waals surface area contributed by atoms with Crippen molar-refractivity contribution in [3.8, 4) is 0 Å². The molecule has 0 unspecified atom stereocenters. The van der Waals surface area contributed by atoms with Crippen molar-refractivity contribution in [2.45, 2.75) is 43.9 Å². The van der Waals surface area contributed by atoms with E-state index in [1.165, 1.54) is 37.7 Å². The molecular weight excluding hydrogens is 216 g/mol. The number of nitrogens with two attached hydrogens (primary N) is 1. The van der Waals surface area contributed by atoms with Gasteiger partial charge >= 0.3 is 0 Å². The minimum Gasteiger partial charge on any atom is -0.393 e. The molecule has 2 N–H and O–H groups in total. The smallest absolute Gasteiger partial charge is 0.0736 e. The van der Waals surface area contributed by atoms with Gasteiger partial charge in [-0.25, -0.2) is 0 Å². The fraction of sp³-hybridized carbons (Fsp3) is 0.538. The average molecular weight is 234 g/mol. The molecule has 2 rings (SSSR count). The zero-order valence-electron chi connectivity index (χ0n) is 9.48. The quantitative estimate of drug-likeness (QED) is 0.817. The predicted molar refractivity (Wildman–Crippen MR) is 70.4 cm³/mol. The highest BCUT2D eigenvalue weighted by Gasteiger charge is 2.34. The molecule has 3 heteroatoms.